The van der Waals surface area contributed by atoms with E-state index in [9.17, 15) is 10.1 Å². The van der Waals surface area contributed by atoms with Gasteiger partial charge in [0, 0.05) is 47.8 Å². The van der Waals surface area contributed by atoms with Gasteiger partial charge in [0.05, 0.1) is 11.5 Å². The first-order valence-corrected chi connectivity index (χ1v) is 9.66. The van der Waals surface area contributed by atoms with E-state index in [1.807, 2.05) is 13.0 Å². The Morgan fingerprint density at radius 1 is 1.21 bits per heavy atom. The molecule has 0 saturated heterocycles. The maximum atomic E-state index is 12.6. The SMILES string of the molecule is CCc1cnc(NC(=O)C(C)c2cncc(-c3cnc(NC)c(C#N)c3)c2)s1. The van der Waals surface area contributed by atoms with Crippen LogP contribution in [-0.4, -0.2) is 27.9 Å². The van der Waals surface area contributed by atoms with Crippen LogP contribution < -0.4 is 10.6 Å². The Labute approximate surface area is 167 Å². The van der Waals surface area contributed by atoms with Gasteiger partial charge in [-0.25, -0.2) is 9.97 Å². The van der Waals surface area contributed by atoms with Gasteiger partial charge in [0.2, 0.25) is 5.91 Å². The molecule has 1 amide bonds. The van der Waals surface area contributed by atoms with Crippen molar-refractivity contribution in [1.82, 2.24) is 15.0 Å². The number of nitrogens with zero attached hydrogens (tertiary/aromatic N) is 4. The average molecular weight is 392 g/mol. The summed E-state index contributed by atoms with van der Waals surface area (Å²) in [5.41, 5.74) is 2.79. The summed E-state index contributed by atoms with van der Waals surface area (Å²) >= 11 is 1.48. The van der Waals surface area contributed by atoms with Gasteiger partial charge in [-0.1, -0.05) is 6.92 Å². The molecule has 0 radical (unpaired) electrons. The fourth-order valence-corrected chi connectivity index (χ4v) is 3.41. The zero-order chi connectivity index (χ0) is 20.1. The van der Waals surface area contributed by atoms with Crippen LogP contribution in [0.5, 0.6) is 0 Å². The van der Waals surface area contributed by atoms with Gasteiger partial charge in [-0.2, -0.15) is 5.26 Å². The first kappa shape index (κ1) is 19.5. The molecule has 0 aliphatic carbocycles. The van der Waals surface area contributed by atoms with Gasteiger partial charge in [0.25, 0.3) is 0 Å². The number of carbonyl (C=O) groups is 1. The second-order valence-electron chi connectivity index (χ2n) is 6.19. The monoisotopic (exact) mass is 392 g/mol. The summed E-state index contributed by atoms with van der Waals surface area (Å²) in [7, 11) is 1.72. The molecule has 3 aromatic heterocycles. The molecule has 0 fully saturated rings. The van der Waals surface area contributed by atoms with Crippen LogP contribution in [0.1, 0.15) is 35.8 Å². The Bertz CT molecular complexity index is 1040. The van der Waals surface area contributed by atoms with Crippen LogP contribution in [0.3, 0.4) is 0 Å². The van der Waals surface area contributed by atoms with Crippen LogP contribution in [0, 0.1) is 11.3 Å². The molecule has 0 bridgehead atoms. The van der Waals surface area contributed by atoms with Crippen molar-refractivity contribution in [1.29, 1.82) is 5.26 Å². The molecule has 3 aromatic rings. The zero-order valence-electron chi connectivity index (χ0n) is 15.9. The number of amides is 1. The van der Waals surface area contributed by atoms with Crippen molar-refractivity contribution in [2.45, 2.75) is 26.2 Å². The van der Waals surface area contributed by atoms with Gasteiger partial charge >= 0.3 is 0 Å². The van der Waals surface area contributed by atoms with Gasteiger partial charge in [-0.15, -0.1) is 11.3 Å². The first-order valence-electron chi connectivity index (χ1n) is 8.84. The molecule has 0 aliphatic heterocycles. The molecule has 2 N–H and O–H groups in total. The number of aryl methyl sites for hydroxylation is 1. The molecule has 8 heteroatoms. The number of hydrogen-bond donors (Lipinski definition) is 2. The van der Waals surface area contributed by atoms with E-state index in [1.54, 1.807) is 37.9 Å². The van der Waals surface area contributed by atoms with Crippen LogP contribution in [0.15, 0.2) is 36.9 Å². The van der Waals surface area contributed by atoms with E-state index in [0.29, 0.717) is 16.5 Å². The van der Waals surface area contributed by atoms with Crippen LogP contribution in [0.2, 0.25) is 0 Å². The van der Waals surface area contributed by atoms with E-state index in [4.69, 9.17) is 0 Å². The molecule has 0 spiro atoms. The summed E-state index contributed by atoms with van der Waals surface area (Å²) in [4.78, 5) is 26.5. The van der Waals surface area contributed by atoms with Gasteiger partial charge in [-0.3, -0.25) is 9.78 Å². The maximum Gasteiger partial charge on any atom is 0.233 e. The second-order valence-corrected chi connectivity index (χ2v) is 7.30. The standard InChI is InChI=1S/C20H20N6OS/c1-4-17-11-25-20(28-17)26-19(27)12(2)14-6-15(9-23-8-14)16-5-13(7-21)18(22-3)24-10-16/h5-6,8-12H,4H2,1-3H3,(H,22,24)(H,25,26,27). The van der Waals surface area contributed by atoms with Crippen molar-refractivity contribution in [2.24, 2.45) is 0 Å². The molecular formula is C20H20N6OS. The minimum atomic E-state index is -0.401. The van der Waals surface area contributed by atoms with Crippen molar-refractivity contribution in [3.05, 3.63) is 52.9 Å². The third-order valence-corrected chi connectivity index (χ3v) is 5.42. The average Bonchev–Trinajstić information content (AvgIpc) is 3.20. The van der Waals surface area contributed by atoms with Crippen LogP contribution >= 0.6 is 11.3 Å². The normalized spacial score (nSPS) is 11.5. The number of anilines is 2. The molecule has 1 atom stereocenters. The highest BCUT2D eigenvalue weighted by atomic mass is 32.1. The number of pyridine rings is 2. The van der Waals surface area contributed by atoms with E-state index in [2.05, 4.69) is 38.6 Å². The minimum Gasteiger partial charge on any atom is -0.372 e. The number of thiazole rings is 1. The first-order chi connectivity index (χ1) is 13.5. The summed E-state index contributed by atoms with van der Waals surface area (Å²) < 4.78 is 0. The summed E-state index contributed by atoms with van der Waals surface area (Å²) in [6.07, 6.45) is 7.72. The maximum absolute atomic E-state index is 12.6. The predicted octanol–water partition coefficient (Wildman–Crippen LogP) is 3.82. The smallest absolute Gasteiger partial charge is 0.233 e. The lowest BCUT2D eigenvalue weighted by Crippen LogP contribution is -2.18. The Morgan fingerprint density at radius 2 is 2.00 bits per heavy atom. The topological polar surface area (TPSA) is 104 Å². The molecule has 7 nitrogen and oxygen atoms in total. The Hall–Kier alpha value is -3.31. The molecule has 0 aromatic carbocycles. The summed E-state index contributed by atoms with van der Waals surface area (Å²) in [6.45, 7) is 3.88. The molecular weight excluding hydrogens is 372 g/mol. The van der Waals surface area contributed by atoms with Crippen molar-refractivity contribution in [2.75, 3.05) is 17.7 Å². The Kier molecular flexibility index (Phi) is 5.96. The van der Waals surface area contributed by atoms with Crippen LogP contribution in [0.25, 0.3) is 11.1 Å². The van der Waals surface area contributed by atoms with Gasteiger partial charge in [0.15, 0.2) is 5.13 Å². The third kappa shape index (κ3) is 4.15. The van der Waals surface area contributed by atoms with E-state index in [1.165, 1.54) is 11.3 Å². The number of aromatic nitrogens is 3. The van der Waals surface area contributed by atoms with E-state index in [0.717, 1.165) is 28.0 Å². The van der Waals surface area contributed by atoms with Gasteiger partial charge < -0.3 is 10.6 Å². The summed E-state index contributed by atoms with van der Waals surface area (Å²) in [5.74, 6) is -0.0169. The summed E-state index contributed by atoms with van der Waals surface area (Å²) in [5, 5.41) is 15.6. The van der Waals surface area contributed by atoms with Gasteiger partial charge in [0.1, 0.15) is 11.9 Å². The molecule has 1 unspecified atom stereocenters. The van der Waals surface area contributed by atoms with Crippen molar-refractivity contribution in [3.63, 3.8) is 0 Å². The second kappa shape index (κ2) is 8.59. The fourth-order valence-electron chi connectivity index (χ4n) is 2.65. The predicted molar refractivity (Wildman–Crippen MR) is 110 cm³/mol. The zero-order valence-corrected chi connectivity index (χ0v) is 16.7. The fraction of sp³-hybridized carbons (Fsp3) is 0.250. The highest BCUT2D eigenvalue weighted by molar-refractivity contribution is 7.15. The molecule has 28 heavy (non-hydrogen) atoms. The van der Waals surface area contributed by atoms with Gasteiger partial charge in [-0.05, 0) is 31.0 Å². The quantitative estimate of drug-likeness (QED) is 0.661. The highest BCUT2D eigenvalue weighted by Gasteiger charge is 2.18. The lowest BCUT2D eigenvalue weighted by molar-refractivity contribution is -0.117. The van der Waals surface area contributed by atoms with Crippen molar-refractivity contribution < 1.29 is 4.79 Å². The van der Waals surface area contributed by atoms with Crippen LogP contribution in [-0.2, 0) is 11.2 Å². The Morgan fingerprint density at radius 3 is 2.68 bits per heavy atom. The van der Waals surface area contributed by atoms with E-state index >= 15 is 0 Å². The highest BCUT2D eigenvalue weighted by Crippen LogP contribution is 2.26. The van der Waals surface area contributed by atoms with Crippen LogP contribution in [0.4, 0.5) is 10.9 Å². The molecule has 0 saturated carbocycles. The summed E-state index contributed by atoms with van der Waals surface area (Å²) in [6, 6.07) is 5.78. The molecule has 3 heterocycles. The van der Waals surface area contributed by atoms with E-state index < -0.39 is 5.92 Å². The number of nitrogens with one attached hydrogen (secondary N) is 2. The number of nitriles is 1. The lowest BCUT2D eigenvalue weighted by Gasteiger charge is -2.12. The molecule has 142 valence electrons. The van der Waals surface area contributed by atoms with Crippen molar-refractivity contribution in [3.8, 4) is 17.2 Å². The molecule has 0 aliphatic rings. The third-order valence-electron chi connectivity index (χ3n) is 4.36. The number of rotatable bonds is 6. The molecule has 3 rings (SSSR count). The van der Waals surface area contributed by atoms with Crippen molar-refractivity contribution >= 4 is 28.2 Å². The number of carbonyl (C=O) groups excluding carboxylic acids is 1. The number of hydrogen-bond acceptors (Lipinski definition) is 7. The Balaban J connectivity index is 1.82. The minimum absolute atomic E-state index is 0.141. The van der Waals surface area contributed by atoms with E-state index in [-0.39, 0.29) is 5.91 Å². The lowest BCUT2D eigenvalue weighted by atomic mass is 9.98. The largest absolute Gasteiger partial charge is 0.372 e.